The second-order valence-corrected chi connectivity index (χ2v) is 5.90. The van der Waals surface area contributed by atoms with Gasteiger partial charge >= 0.3 is 5.97 Å². The fourth-order valence-electron chi connectivity index (χ4n) is 3.52. The Hall–Kier alpha value is -1.06. The van der Waals surface area contributed by atoms with Crippen molar-refractivity contribution in [2.75, 3.05) is 13.1 Å². The van der Waals surface area contributed by atoms with Crippen molar-refractivity contribution >= 4 is 11.9 Å². The first-order valence-electron chi connectivity index (χ1n) is 6.66. The Morgan fingerprint density at radius 1 is 1.06 bits per heavy atom. The van der Waals surface area contributed by atoms with Crippen LogP contribution in [0, 0.1) is 17.3 Å². The van der Waals surface area contributed by atoms with Gasteiger partial charge in [-0.2, -0.15) is 0 Å². The van der Waals surface area contributed by atoms with Crippen LogP contribution in [0.15, 0.2) is 0 Å². The predicted octanol–water partition coefficient (Wildman–Crippen LogP) is 1.50. The molecule has 1 aliphatic heterocycles. The predicted molar refractivity (Wildman–Crippen MR) is 61.3 cm³/mol. The van der Waals surface area contributed by atoms with E-state index in [4.69, 9.17) is 5.11 Å². The second kappa shape index (κ2) is 3.72. The zero-order chi connectivity index (χ0) is 12.0. The molecular formula is C13H19NO3. The number of carboxylic acids is 1. The summed E-state index contributed by atoms with van der Waals surface area (Å²) in [5.74, 6) is 0.242. The molecule has 1 amide bonds. The van der Waals surface area contributed by atoms with Crippen LogP contribution in [0.3, 0.4) is 0 Å². The average Bonchev–Trinajstić information content (AvgIpc) is 3.02. The van der Waals surface area contributed by atoms with Gasteiger partial charge in [-0.25, -0.2) is 0 Å². The highest BCUT2D eigenvalue weighted by molar-refractivity contribution is 6.04. The van der Waals surface area contributed by atoms with Gasteiger partial charge < -0.3 is 10.0 Å². The SMILES string of the molecule is O=C(O)C1(C(=O)N2C[C@@H]3CCCC[C@H]3C2)CC1. The van der Waals surface area contributed by atoms with Crippen molar-refractivity contribution in [1.82, 2.24) is 4.90 Å². The highest BCUT2D eigenvalue weighted by Crippen LogP contribution is 2.49. The normalized spacial score (nSPS) is 34.2. The molecule has 3 aliphatic rings. The molecule has 0 spiro atoms. The minimum absolute atomic E-state index is 0.112. The monoisotopic (exact) mass is 237 g/mol. The lowest BCUT2D eigenvalue weighted by Gasteiger charge is -2.22. The Balaban J connectivity index is 1.70. The van der Waals surface area contributed by atoms with E-state index >= 15 is 0 Å². The number of carboxylic acid groups (broad SMARTS) is 1. The third-order valence-corrected chi connectivity index (χ3v) is 4.83. The molecule has 2 aliphatic carbocycles. The van der Waals surface area contributed by atoms with Crippen LogP contribution in [0.2, 0.25) is 0 Å². The van der Waals surface area contributed by atoms with E-state index in [0.717, 1.165) is 13.1 Å². The van der Waals surface area contributed by atoms with Crippen LogP contribution in [0.25, 0.3) is 0 Å². The van der Waals surface area contributed by atoms with E-state index in [1.165, 1.54) is 25.7 Å². The molecule has 4 nitrogen and oxygen atoms in total. The van der Waals surface area contributed by atoms with Crippen LogP contribution in [-0.2, 0) is 9.59 Å². The molecule has 1 saturated heterocycles. The van der Waals surface area contributed by atoms with Crippen LogP contribution in [0.1, 0.15) is 38.5 Å². The van der Waals surface area contributed by atoms with Crippen LogP contribution in [0.5, 0.6) is 0 Å². The minimum atomic E-state index is -1.03. The van der Waals surface area contributed by atoms with E-state index in [2.05, 4.69) is 0 Å². The van der Waals surface area contributed by atoms with Crippen molar-refractivity contribution in [1.29, 1.82) is 0 Å². The summed E-state index contributed by atoms with van der Waals surface area (Å²) in [6.07, 6.45) is 6.05. The van der Waals surface area contributed by atoms with E-state index in [0.29, 0.717) is 24.7 Å². The smallest absolute Gasteiger partial charge is 0.319 e. The van der Waals surface area contributed by atoms with E-state index in [1.54, 1.807) is 0 Å². The van der Waals surface area contributed by atoms with Gasteiger partial charge in [0.15, 0.2) is 0 Å². The van der Waals surface area contributed by atoms with Gasteiger partial charge in [0.1, 0.15) is 5.41 Å². The number of hydrogen-bond acceptors (Lipinski definition) is 2. The van der Waals surface area contributed by atoms with Crippen LogP contribution in [0.4, 0.5) is 0 Å². The summed E-state index contributed by atoms with van der Waals surface area (Å²) < 4.78 is 0. The number of carbonyl (C=O) groups is 2. The average molecular weight is 237 g/mol. The van der Waals surface area contributed by atoms with Gasteiger partial charge in [0.05, 0.1) is 0 Å². The third kappa shape index (κ3) is 1.65. The van der Waals surface area contributed by atoms with Crippen molar-refractivity contribution < 1.29 is 14.7 Å². The molecule has 0 unspecified atom stereocenters. The van der Waals surface area contributed by atoms with Crippen LogP contribution in [-0.4, -0.2) is 35.0 Å². The molecule has 1 heterocycles. The zero-order valence-electron chi connectivity index (χ0n) is 10.0. The minimum Gasteiger partial charge on any atom is -0.480 e. The van der Waals surface area contributed by atoms with Gasteiger partial charge in [0, 0.05) is 13.1 Å². The lowest BCUT2D eigenvalue weighted by molar-refractivity contribution is -0.153. The third-order valence-electron chi connectivity index (χ3n) is 4.83. The Morgan fingerprint density at radius 3 is 2.00 bits per heavy atom. The van der Waals surface area contributed by atoms with E-state index in [-0.39, 0.29) is 5.91 Å². The highest BCUT2D eigenvalue weighted by atomic mass is 16.4. The lowest BCUT2D eigenvalue weighted by Crippen LogP contribution is -2.39. The Labute approximate surface area is 101 Å². The summed E-state index contributed by atoms with van der Waals surface area (Å²) in [7, 11) is 0. The number of aliphatic carboxylic acids is 1. The maximum atomic E-state index is 12.3. The number of carbonyl (C=O) groups excluding carboxylic acids is 1. The molecule has 3 rings (SSSR count). The van der Waals surface area contributed by atoms with Gasteiger partial charge in [-0.1, -0.05) is 12.8 Å². The zero-order valence-corrected chi connectivity index (χ0v) is 10.0. The van der Waals surface area contributed by atoms with Crippen LogP contribution >= 0.6 is 0 Å². The lowest BCUT2D eigenvalue weighted by atomic mass is 9.82. The molecule has 2 atom stereocenters. The molecule has 4 heteroatoms. The maximum Gasteiger partial charge on any atom is 0.319 e. The van der Waals surface area contributed by atoms with Crippen molar-refractivity contribution in [3.63, 3.8) is 0 Å². The second-order valence-electron chi connectivity index (χ2n) is 5.90. The fraction of sp³-hybridized carbons (Fsp3) is 0.846. The first-order chi connectivity index (χ1) is 8.13. The standard InChI is InChI=1S/C13H19NO3/c15-11(13(5-6-13)12(16)17)14-7-9-3-1-2-4-10(9)8-14/h9-10H,1-8H2,(H,16,17)/t9-,10-/m0/s1. The molecule has 17 heavy (non-hydrogen) atoms. The van der Waals surface area contributed by atoms with Gasteiger partial charge in [-0.05, 0) is 37.5 Å². The molecule has 0 bridgehead atoms. The maximum absolute atomic E-state index is 12.3. The Bertz CT molecular complexity index is 348. The topological polar surface area (TPSA) is 57.6 Å². The number of nitrogens with zero attached hydrogens (tertiary/aromatic N) is 1. The summed E-state index contributed by atoms with van der Waals surface area (Å²) in [6, 6.07) is 0. The number of amides is 1. The molecule has 3 fully saturated rings. The fourth-order valence-corrected chi connectivity index (χ4v) is 3.52. The first-order valence-corrected chi connectivity index (χ1v) is 6.66. The number of rotatable bonds is 2. The van der Waals surface area contributed by atoms with E-state index < -0.39 is 11.4 Å². The van der Waals surface area contributed by atoms with E-state index in [9.17, 15) is 9.59 Å². The molecule has 0 aromatic carbocycles. The quantitative estimate of drug-likeness (QED) is 0.740. The molecule has 1 N–H and O–H groups in total. The summed E-state index contributed by atoms with van der Waals surface area (Å²) in [6.45, 7) is 1.61. The highest BCUT2D eigenvalue weighted by Gasteiger charge is 2.59. The van der Waals surface area contributed by atoms with Gasteiger partial charge in [-0.3, -0.25) is 9.59 Å². The molecule has 2 saturated carbocycles. The molecule has 0 aromatic rings. The molecular weight excluding hydrogens is 218 g/mol. The first kappa shape index (κ1) is 11.1. The van der Waals surface area contributed by atoms with Crippen molar-refractivity contribution in [2.45, 2.75) is 38.5 Å². The number of hydrogen-bond donors (Lipinski definition) is 1. The largest absolute Gasteiger partial charge is 0.480 e. The van der Waals surface area contributed by atoms with E-state index in [1.807, 2.05) is 4.90 Å². The summed E-state index contributed by atoms with van der Waals surface area (Å²) in [5, 5.41) is 9.15. The Morgan fingerprint density at radius 2 is 1.59 bits per heavy atom. The number of fused-ring (bicyclic) bond motifs is 1. The molecule has 0 aromatic heterocycles. The van der Waals surface area contributed by atoms with Crippen LogP contribution < -0.4 is 0 Å². The Kier molecular flexibility index (Phi) is 2.42. The van der Waals surface area contributed by atoms with Crippen molar-refractivity contribution in [2.24, 2.45) is 17.3 Å². The van der Waals surface area contributed by atoms with Gasteiger partial charge in [0.25, 0.3) is 0 Å². The summed E-state index contributed by atoms with van der Waals surface area (Å²) in [5.41, 5.74) is -1.03. The van der Waals surface area contributed by atoms with Gasteiger partial charge in [0.2, 0.25) is 5.91 Å². The molecule has 0 radical (unpaired) electrons. The number of likely N-dealkylation sites (tertiary alicyclic amines) is 1. The summed E-state index contributed by atoms with van der Waals surface area (Å²) >= 11 is 0. The molecule has 94 valence electrons. The summed E-state index contributed by atoms with van der Waals surface area (Å²) in [4.78, 5) is 25.2. The van der Waals surface area contributed by atoms with Crippen molar-refractivity contribution in [3.8, 4) is 0 Å². The van der Waals surface area contributed by atoms with Crippen molar-refractivity contribution in [3.05, 3.63) is 0 Å². The van der Waals surface area contributed by atoms with Gasteiger partial charge in [-0.15, -0.1) is 0 Å².